The number of Topliss-reactive ketones (excluding diaryl/α,β-unsaturated/α-hetero) is 2. The van der Waals surface area contributed by atoms with E-state index in [0.717, 1.165) is 0 Å². The molecule has 0 N–H and O–H groups in total. The fourth-order valence-electron chi connectivity index (χ4n) is 3.54. The maximum atomic E-state index is 13.2. The van der Waals surface area contributed by atoms with Gasteiger partial charge in [-0.2, -0.15) is 0 Å². The van der Waals surface area contributed by atoms with Crippen molar-refractivity contribution in [1.82, 2.24) is 0 Å². The van der Waals surface area contributed by atoms with E-state index in [1.54, 1.807) is 30.3 Å². The summed E-state index contributed by atoms with van der Waals surface area (Å²) in [6.07, 6.45) is 4.01. The van der Waals surface area contributed by atoms with Gasteiger partial charge in [0.05, 0.1) is 6.10 Å². The Morgan fingerprint density at radius 3 is 2.43 bits per heavy atom. The van der Waals surface area contributed by atoms with E-state index in [0.29, 0.717) is 23.8 Å². The van der Waals surface area contributed by atoms with Crippen LogP contribution in [0.15, 0.2) is 36.4 Å². The molecule has 0 radical (unpaired) electrons. The highest BCUT2D eigenvalue weighted by atomic mass is 28.4. The summed E-state index contributed by atoms with van der Waals surface area (Å²) in [6.45, 7) is 6.02. The van der Waals surface area contributed by atoms with E-state index in [2.05, 4.69) is 0 Å². The van der Waals surface area contributed by atoms with Gasteiger partial charge in [0.15, 0.2) is 19.9 Å². The van der Waals surface area contributed by atoms with Crippen LogP contribution in [0.2, 0.25) is 19.6 Å². The Morgan fingerprint density at radius 1 is 1.17 bits per heavy atom. The van der Waals surface area contributed by atoms with E-state index < -0.39 is 25.8 Å². The SMILES string of the molecule is C[Si](C)(C)O[C@@H]1C=CC[C@@H]2C(=O)c3ccccc3C(=O)[C@@]21C=O. The molecule has 0 spiro atoms. The molecule has 0 aromatic heterocycles. The first-order valence-electron chi connectivity index (χ1n) is 7.80. The van der Waals surface area contributed by atoms with Crippen LogP contribution < -0.4 is 0 Å². The quantitative estimate of drug-likeness (QED) is 0.370. The summed E-state index contributed by atoms with van der Waals surface area (Å²) in [7, 11) is -2.00. The van der Waals surface area contributed by atoms with Gasteiger partial charge in [-0.1, -0.05) is 36.4 Å². The molecule has 3 atom stereocenters. The van der Waals surface area contributed by atoms with Crippen LogP contribution in [0.3, 0.4) is 0 Å². The Labute approximate surface area is 136 Å². The minimum absolute atomic E-state index is 0.138. The highest BCUT2D eigenvalue weighted by Gasteiger charge is 2.59. The molecule has 0 saturated carbocycles. The molecular formula is C18H20O4Si. The normalized spacial score (nSPS) is 29.9. The first-order chi connectivity index (χ1) is 10.8. The second-order valence-electron chi connectivity index (χ2n) is 7.16. The third-order valence-corrected chi connectivity index (χ3v) is 5.51. The average Bonchev–Trinajstić information content (AvgIpc) is 2.51. The average molecular weight is 328 g/mol. The van der Waals surface area contributed by atoms with Crippen LogP contribution >= 0.6 is 0 Å². The molecule has 0 aliphatic heterocycles. The van der Waals surface area contributed by atoms with Crippen molar-refractivity contribution in [2.24, 2.45) is 11.3 Å². The van der Waals surface area contributed by atoms with Gasteiger partial charge in [-0.15, -0.1) is 0 Å². The second-order valence-corrected chi connectivity index (χ2v) is 11.6. The molecule has 0 fully saturated rings. The zero-order chi connectivity index (χ0) is 16.8. The number of carbonyl (C=O) groups excluding carboxylic acids is 3. The van der Waals surface area contributed by atoms with Gasteiger partial charge >= 0.3 is 0 Å². The Kier molecular flexibility index (Phi) is 3.73. The summed E-state index contributed by atoms with van der Waals surface area (Å²) < 4.78 is 6.12. The van der Waals surface area contributed by atoms with E-state index in [1.807, 2.05) is 25.7 Å². The molecule has 0 bridgehead atoms. The summed E-state index contributed by atoms with van der Waals surface area (Å²) in [5, 5.41) is 0. The first-order valence-corrected chi connectivity index (χ1v) is 11.2. The van der Waals surface area contributed by atoms with Crippen LogP contribution in [0.25, 0.3) is 0 Å². The highest BCUT2D eigenvalue weighted by Crippen LogP contribution is 2.47. The summed E-state index contributed by atoms with van der Waals surface area (Å²) in [4.78, 5) is 38.2. The van der Waals surface area contributed by atoms with Crippen molar-refractivity contribution >= 4 is 26.2 Å². The lowest BCUT2D eigenvalue weighted by molar-refractivity contribution is -0.120. The maximum absolute atomic E-state index is 13.2. The van der Waals surface area contributed by atoms with Crippen molar-refractivity contribution in [2.45, 2.75) is 32.2 Å². The largest absolute Gasteiger partial charge is 0.410 e. The van der Waals surface area contributed by atoms with Crippen molar-refractivity contribution in [1.29, 1.82) is 0 Å². The van der Waals surface area contributed by atoms with Gasteiger partial charge in [-0.05, 0) is 26.1 Å². The number of rotatable bonds is 3. The van der Waals surface area contributed by atoms with Crippen LogP contribution in [0, 0.1) is 11.3 Å². The summed E-state index contributed by atoms with van der Waals surface area (Å²) in [5.41, 5.74) is -0.678. The van der Waals surface area contributed by atoms with Crippen molar-refractivity contribution < 1.29 is 18.8 Å². The smallest absolute Gasteiger partial charge is 0.184 e. The van der Waals surface area contributed by atoms with Gasteiger partial charge in [0.1, 0.15) is 11.7 Å². The van der Waals surface area contributed by atoms with E-state index in [-0.39, 0.29) is 11.6 Å². The second kappa shape index (κ2) is 5.35. The summed E-state index contributed by atoms with van der Waals surface area (Å²) in [5.74, 6) is -1.10. The number of benzene rings is 1. The van der Waals surface area contributed by atoms with Crippen molar-refractivity contribution in [3.8, 4) is 0 Å². The standard InChI is InChI=1S/C18H20O4Si/c1-23(2,3)22-15-10-6-9-14-16(20)12-7-4-5-8-13(12)17(21)18(14,15)11-19/h4-8,10-11,14-15H,9H2,1-3H3/t14-,15-,18+/m1/s1. The third-order valence-electron chi connectivity index (χ3n) is 4.55. The van der Waals surface area contributed by atoms with Crippen LogP contribution in [-0.2, 0) is 9.22 Å². The van der Waals surface area contributed by atoms with Crippen molar-refractivity contribution in [3.05, 3.63) is 47.5 Å². The molecule has 4 nitrogen and oxygen atoms in total. The molecule has 1 aromatic carbocycles. The summed E-state index contributed by atoms with van der Waals surface area (Å²) >= 11 is 0. The van der Waals surface area contributed by atoms with Gasteiger partial charge in [-0.3, -0.25) is 9.59 Å². The van der Waals surface area contributed by atoms with E-state index in [1.165, 1.54) is 0 Å². The third kappa shape index (κ3) is 2.35. The first kappa shape index (κ1) is 16.0. The van der Waals surface area contributed by atoms with Crippen LogP contribution in [0.5, 0.6) is 0 Å². The summed E-state index contributed by atoms with van der Waals surface area (Å²) in [6, 6.07) is 6.75. The zero-order valence-corrected chi connectivity index (χ0v) is 14.5. The molecule has 1 aromatic rings. The fraction of sp³-hybridized carbons (Fsp3) is 0.389. The van der Waals surface area contributed by atoms with Gasteiger partial charge in [0.2, 0.25) is 0 Å². The highest BCUT2D eigenvalue weighted by molar-refractivity contribution is 6.69. The molecular weight excluding hydrogens is 308 g/mol. The molecule has 0 unspecified atom stereocenters. The lowest BCUT2D eigenvalue weighted by Gasteiger charge is -2.45. The van der Waals surface area contributed by atoms with Gasteiger partial charge < -0.3 is 9.22 Å². The number of fused-ring (bicyclic) bond motifs is 2. The number of carbonyl (C=O) groups is 3. The Hall–Kier alpha value is -1.85. The van der Waals surface area contributed by atoms with Gasteiger partial charge in [0, 0.05) is 17.0 Å². The minimum Gasteiger partial charge on any atom is -0.410 e. The lowest BCUT2D eigenvalue weighted by atomic mass is 9.58. The number of aldehydes is 1. The van der Waals surface area contributed by atoms with Crippen LogP contribution in [0.1, 0.15) is 27.1 Å². The molecule has 120 valence electrons. The van der Waals surface area contributed by atoms with Gasteiger partial charge in [-0.25, -0.2) is 0 Å². The fourth-order valence-corrected chi connectivity index (χ4v) is 4.57. The number of hydrogen-bond acceptors (Lipinski definition) is 4. The van der Waals surface area contributed by atoms with Gasteiger partial charge in [0.25, 0.3) is 0 Å². The topological polar surface area (TPSA) is 60.4 Å². The predicted octanol–water partition coefficient (Wildman–Crippen LogP) is 3.05. The molecule has 0 saturated heterocycles. The molecule has 2 aliphatic rings. The monoisotopic (exact) mass is 328 g/mol. The van der Waals surface area contributed by atoms with E-state index in [9.17, 15) is 14.4 Å². The van der Waals surface area contributed by atoms with E-state index >= 15 is 0 Å². The minimum atomic E-state index is -2.00. The number of ketones is 2. The number of allylic oxidation sites excluding steroid dienone is 1. The van der Waals surface area contributed by atoms with Crippen molar-refractivity contribution in [3.63, 3.8) is 0 Å². The van der Waals surface area contributed by atoms with Crippen LogP contribution in [-0.4, -0.2) is 32.3 Å². The van der Waals surface area contributed by atoms with Crippen molar-refractivity contribution in [2.75, 3.05) is 0 Å². The molecule has 2 aliphatic carbocycles. The molecule has 0 heterocycles. The molecule has 5 heteroatoms. The van der Waals surface area contributed by atoms with Crippen LogP contribution in [0.4, 0.5) is 0 Å². The Balaban J connectivity index is 2.19. The maximum Gasteiger partial charge on any atom is 0.184 e. The number of hydrogen-bond donors (Lipinski definition) is 0. The predicted molar refractivity (Wildman–Crippen MR) is 89.1 cm³/mol. The molecule has 0 amide bonds. The lowest BCUT2D eigenvalue weighted by Crippen LogP contribution is -2.58. The Bertz CT molecular complexity index is 716. The van der Waals surface area contributed by atoms with E-state index in [4.69, 9.17) is 4.43 Å². The Morgan fingerprint density at radius 2 is 1.83 bits per heavy atom. The molecule has 3 rings (SSSR count). The zero-order valence-electron chi connectivity index (χ0n) is 13.5. The molecule has 23 heavy (non-hydrogen) atoms.